The lowest BCUT2D eigenvalue weighted by atomic mass is 9.84. The lowest BCUT2D eigenvalue weighted by Crippen LogP contribution is -2.41. The van der Waals surface area contributed by atoms with E-state index in [9.17, 15) is 0 Å². The zero-order valence-electron chi connectivity index (χ0n) is 8.09. The molecular weight excluding hydrogens is 188 g/mol. The first-order valence-electron chi connectivity index (χ1n) is 5.14. The number of alkyl halides is 1. The molecule has 1 saturated heterocycles. The molecule has 1 heterocycles. The van der Waals surface area contributed by atoms with E-state index >= 15 is 0 Å². The fraction of sp³-hybridized carbons (Fsp3) is 1.00. The molecule has 0 amide bonds. The largest absolute Gasteiger partial charge is 0.347 e. The topological polar surface area (TPSA) is 18.5 Å². The second kappa shape index (κ2) is 3.76. The van der Waals surface area contributed by atoms with Gasteiger partial charge in [-0.15, -0.1) is 11.6 Å². The highest BCUT2D eigenvalue weighted by Crippen LogP contribution is 2.41. The first kappa shape index (κ1) is 9.75. The molecule has 0 aromatic carbocycles. The smallest absolute Gasteiger partial charge is 0.171 e. The molecule has 0 radical (unpaired) electrons. The van der Waals surface area contributed by atoms with Crippen LogP contribution in [0.3, 0.4) is 0 Å². The molecule has 0 N–H and O–H groups in total. The van der Waals surface area contributed by atoms with Crippen molar-refractivity contribution in [3.05, 3.63) is 0 Å². The van der Waals surface area contributed by atoms with Gasteiger partial charge >= 0.3 is 0 Å². The summed E-state index contributed by atoms with van der Waals surface area (Å²) in [7, 11) is 0. The van der Waals surface area contributed by atoms with Gasteiger partial charge in [0.1, 0.15) is 0 Å². The van der Waals surface area contributed by atoms with Gasteiger partial charge in [0, 0.05) is 12.3 Å². The van der Waals surface area contributed by atoms with Gasteiger partial charge in [-0.3, -0.25) is 0 Å². The molecule has 0 aromatic heterocycles. The van der Waals surface area contributed by atoms with Crippen molar-refractivity contribution in [2.45, 2.75) is 44.5 Å². The van der Waals surface area contributed by atoms with Gasteiger partial charge in [0.2, 0.25) is 0 Å². The van der Waals surface area contributed by atoms with Gasteiger partial charge in [-0.05, 0) is 12.8 Å². The Morgan fingerprint density at radius 2 is 2.31 bits per heavy atom. The second-order valence-electron chi connectivity index (χ2n) is 4.16. The monoisotopic (exact) mass is 204 g/mol. The Labute approximate surface area is 84.5 Å². The Bertz CT molecular complexity index is 186. The van der Waals surface area contributed by atoms with Crippen LogP contribution in [0, 0.1) is 5.92 Å². The van der Waals surface area contributed by atoms with Gasteiger partial charge in [0.15, 0.2) is 5.79 Å². The maximum absolute atomic E-state index is 5.90. The Morgan fingerprint density at radius 3 is 2.92 bits per heavy atom. The quantitative estimate of drug-likeness (QED) is 0.612. The summed E-state index contributed by atoms with van der Waals surface area (Å²) in [6.45, 7) is 2.89. The van der Waals surface area contributed by atoms with Crippen molar-refractivity contribution < 1.29 is 9.47 Å². The van der Waals surface area contributed by atoms with Crippen molar-refractivity contribution in [3.63, 3.8) is 0 Å². The molecule has 3 heteroatoms. The Kier molecular flexibility index (Phi) is 2.82. The average molecular weight is 205 g/mol. The fourth-order valence-corrected chi connectivity index (χ4v) is 2.49. The molecule has 0 bridgehead atoms. The molecule has 0 aromatic rings. The molecule has 3 unspecified atom stereocenters. The average Bonchev–Trinajstić information content (AvgIpc) is 2.56. The Morgan fingerprint density at radius 1 is 1.46 bits per heavy atom. The second-order valence-corrected chi connectivity index (χ2v) is 4.47. The maximum atomic E-state index is 5.90. The third kappa shape index (κ3) is 1.72. The third-order valence-electron chi connectivity index (χ3n) is 3.22. The molecule has 1 aliphatic carbocycles. The summed E-state index contributed by atoms with van der Waals surface area (Å²) in [6.07, 6.45) is 4.90. The van der Waals surface area contributed by atoms with Gasteiger partial charge < -0.3 is 9.47 Å². The third-order valence-corrected chi connectivity index (χ3v) is 3.56. The Balaban J connectivity index is 2.03. The van der Waals surface area contributed by atoms with Crippen LogP contribution in [0.1, 0.15) is 32.6 Å². The predicted octanol–water partition coefficient (Wildman–Crippen LogP) is 2.55. The molecule has 2 nitrogen and oxygen atoms in total. The minimum absolute atomic E-state index is 0.113. The van der Waals surface area contributed by atoms with Crippen LogP contribution in [0.2, 0.25) is 0 Å². The summed E-state index contributed by atoms with van der Waals surface area (Å²) in [5, 5.41) is 0. The maximum Gasteiger partial charge on any atom is 0.171 e. The predicted molar refractivity (Wildman–Crippen MR) is 51.9 cm³/mol. The van der Waals surface area contributed by atoms with Crippen LogP contribution in [0.4, 0.5) is 0 Å². The van der Waals surface area contributed by atoms with Gasteiger partial charge in [-0.1, -0.05) is 13.3 Å². The number of hydrogen-bond acceptors (Lipinski definition) is 2. The SMILES string of the molecule is CC1CCCCC12OCC(CCl)O2. The zero-order valence-corrected chi connectivity index (χ0v) is 8.85. The minimum Gasteiger partial charge on any atom is -0.347 e. The van der Waals surface area contributed by atoms with Crippen LogP contribution in [0.25, 0.3) is 0 Å². The fourth-order valence-electron chi connectivity index (χ4n) is 2.34. The van der Waals surface area contributed by atoms with E-state index in [1.807, 2.05) is 0 Å². The molecule has 1 aliphatic heterocycles. The van der Waals surface area contributed by atoms with Crippen molar-refractivity contribution in [3.8, 4) is 0 Å². The molecule has 3 atom stereocenters. The van der Waals surface area contributed by atoms with E-state index in [-0.39, 0.29) is 11.9 Å². The van der Waals surface area contributed by atoms with Gasteiger partial charge in [0.25, 0.3) is 0 Å². The molecular formula is C10H17ClO2. The zero-order chi connectivity index (χ0) is 9.31. The number of rotatable bonds is 1. The van der Waals surface area contributed by atoms with E-state index < -0.39 is 0 Å². The number of hydrogen-bond donors (Lipinski definition) is 0. The lowest BCUT2D eigenvalue weighted by molar-refractivity contribution is -0.215. The van der Waals surface area contributed by atoms with E-state index in [0.29, 0.717) is 18.4 Å². The van der Waals surface area contributed by atoms with E-state index in [1.165, 1.54) is 19.3 Å². The standard InChI is InChI=1S/C10H17ClO2/c1-8-4-2-3-5-10(8)12-7-9(6-11)13-10/h8-9H,2-7H2,1H3. The summed E-state index contributed by atoms with van der Waals surface area (Å²) in [4.78, 5) is 0. The molecule has 1 saturated carbocycles. The molecule has 2 aliphatic rings. The summed E-state index contributed by atoms with van der Waals surface area (Å²) in [5.41, 5.74) is 0. The van der Waals surface area contributed by atoms with Crippen LogP contribution < -0.4 is 0 Å². The van der Waals surface area contributed by atoms with Crippen molar-refractivity contribution >= 4 is 11.6 Å². The van der Waals surface area contributed by atoms with E-state index in [1.54, 1.807) is 0 Å². The van der Waals surface area contributed by atoms with Crippen molar-refractivity contribution in [2.75, 3.05) is 12.5 Å². The van der Waals surface area contributed by atoms with E-state index in [2.05, 4.69) is 6.92 Å². The highest BCUT2D eigenvalue weighted by Gasteiger charge is 2.46. The van der Waals surface area contributed by atoms with Gasteiger partial charge in [0.05, 0.1) is 18.6 Å². The van der Waals surface area contributed by atoms with Crippen molar-refractivity contribution in [1.82, 2.24) is 0 Å². The van der Waals surface area contributed by atoms with E-state index in [0.717, 1.165) is 6.42 Å². The summed E-state index contributed by atoms with van der Waals surface area (Å²) < 4.78 is 11.7. The molecule has 2 rings (SSSR count). The summed E-state index contributed by atoms with van der Waals surface area (Å²) >= 11 is 5.75. The first-order chi connectivity index (χ1) is 6.27. The summed E-state index contributed by atoms with van der Waals surface area (Å²) in [5.74, 6) is 0.793. The number of ether oxygens (including phenoxy) is 2. The molecule has 76 valence electrons. The molecule has 2 fully saturated rings. The van der Waals surface area contributed by atoms with Crippen LogP contribution in [-0.2, 0) is 9.47 Å². The highest BCUT2D eigenvalue weighted by atomic mass is 35.5. The van der Waals surface area contributed by atoms with Crippen LogP contribution in [-0.4, -0.2) is 24.4 Å². The minimum atomic E-state index is -0.280. The van der Waals surface area contributed by atoms with Crippen molar-refractivity contribution in [1.29, 1.82) is 0 Å². The molecule has 1 spiro atoms. The van der Waals surface area contributed by atoms with Crippen LogP contribution >= 0.6 is 11.6 Å². The normalized spacial score (nSPS) is 45.7. The van der Waals surface area contributed by atoms with Gasteiger partial charge in [-0.2, -0.15) is 0 Å². The van der Waals surface area contributed by atoms with Crippen molar-refractivity contribution in [2.24, 2.45) is 5.92 Å². The number of halogens is 1. The lowest BCUT2D eigenvalue weighted by Gasteiger charge is -2.37. The summed E-state index contributed by atoms with van der Waals surface area (Å²) in [6, 6.07) is 0. The molecule has 13 heavy (non-hydrogen) atoms. The Hall–Kier alpha value is 0.210. The highest BCUT2D eigenvalue weighted by molar-refractivity contribution is 6.18. The van der Waals surface area contributed by atoms with Gasteiger partial charge in [-0.25, -0.2) is 0 Å². The van der Waals surface area contributed by atoms with Crippen LogP contribution in [0.5, 0.6) is 0 Å². The van der Waals surface area contributed by atoms with E-state index in [4.69, 9.17) is 21.1 Å². The first-order valence-corrected chi connectivity index (χ1v) is 5.68. The van der Waals surface area contributed by atoms with Crippen LogP contribution in [0.15, 0.2) is 0 Å².